The van der Waals surface area contributed by atoms with Crippen molar-refractivity contribution in [3.8, 4) is 0 Å². The second kappa shape index (κ2) is 4.34. The molecule has 0 bridgehead atoms. The van der Waals surface area contributed by atoms with Gasteiger partial charge in [0.25, 0.3) is 0 Å². The molecule has 0 fully saturated rings. The predicted molar refractivity (Wildman–Crippen MR) is 30.6 cm³/mol. The average molecular weight is 183 g/mol. The monoisotopic (exact) mass is 182 g/mol. The highest BCUT2D eigenvalue weighted by atomic mass is 35.5. The van der Waals surface area contributed by atoms with Gasteiger partial charge in [-0.05, 0) is 0 Å². The van der Waals surface area contributed by atoms with Gasteiger partial charge in [0.15, 0.2) is 0 Å². The largest absolute Gasteiger partial charge is 0.398 e. The lowest BCUT2D eigenvalue weighted by Gasteiger charge is -1.87. The fraction of sp³-hybridized carbons (Fsp3) is 1.00. The molecule has 0 aliphatic heterocycles. The lowest BCUT2D eigenvalue weighted by molar-refractivity contribution is 0.310. The van der Waals surface area contributed by atoms with Crippen LogP contribution in [0.4, 0.5) is 0 Å². The molecule has 0 saturated heterocycles. The molecule has 0 aromatic rings. The van der Waals surface area contributed by atoms with Crippen molar-refractivity contribution in [2.24, 2.45) is 0 Å². The van der Waals surface area contributed by atoms with Crippen molar-refractivity contribution in [2.75, 3.05) is 6.07 Å². The Bertz CT molecular complexity index is 127. The third-order valence-electron chi connectivity index (χ3n) is 0.193. The minimum Gasteiger partial charge on any atom is -0.263 e. The third-order valence-corrected chi connectivity index (χ3v) is 0.848. The molecule has 0 atom stereocenters. The van der Waals surface area contributed by atoms with Gasteiger partial charge in [-0.25, -0.2) is 4.18 Å². The van der Waals surface area contributed by atoms with Gasteiger partial charge in [-0.1, -0.05) is 11.6 Å². The molecule has 0 spiro atoms. The van der Waals surface area contributed by atoms with E-state index >= 15 is 0 Å². The third kappa shape index (κ3) is 9.67. The Morgan fingerprint density at radius 1 is 1.62 bits per heavy atom. The summed E-state index contributed by atoms with van der Waals surface area (Å²) in [5.74, 6) is 0. The first kappa shape index (κ1) is 11.3. The molecule has 52 valence electrons. The van der Waals surface area contributed by atoms with Gasteiger partial charge >= 0.3 is 10.4 Å². The Kier molecular flexibility index (Phi) is 6.12. The zero-order valence-corrected chi connectivity index (χ0v) is 5.96. The van der Waals surface area contributed by atoms with Crippen molar-refractivity contribution in [3.63, 3.8) is 0 Å². The summed E-state index contributed by atoms with van der Waals surface area (Å²) in [6, 6.07) is -0.557. The van der Waals surface area contributed by atoms with Crippen LogP contribution in [0.25, 0.3) is 0 Å². The summed E-state index contributed by atoms with van der Waals surface area (Å²) in [7, 11) is -4.31. The Labute approximate surface area is 58.1 Å². The van der Waals surface area contributed by atoms with E-state index in [1.807, 2.05) is 0 Å². The minimum absolute atomic E-state index is 0. The standard InChI is InChI=1S/CH3ClO4S.ClH/c2-1-6-7(3,4)5;/h1H2,(H,3,4,5);1H. The summed E-state index contributed by atoms with van der Waals surface area (Å²) in [6.07, 6.45) is 0. The zero-order valence-electron chi connectivity index (χ0n) is 3.57. The van der Waals surface area contributed by atoms with Crippen LogP contribution in [-0.4, -0.2) is 19.0 Å². The number of alkyl halides is 1. The Morgan fingerprint density at radius 3 is 2.00 bits per heavy atom. The summed E-state index contributed by atoms with van der Waals surface area (Å²) in [6.45, 7) is 0. The fourth-order valence-corrected chi connectivity index (χ4v) is 0.507. The van der Waals surface area contributed by atoms with E-state index in [4.69, 9.17) is 16.2 Å². The van der Waals surface area contributed by atoms with Gasteiger partial charge in [0.1, 0.15) is 6.07 Å². The van der Waals surface area contributed by atoms with Gasteiger partial charge in [-0.2, -0.15) is 8.42 Å². The molecular formula is CH4Cl2O4S. The van der Waals surface area contributed by atoms with Crippen molar-refractivity contribution in [2.45, 2.75) is 0 Å². The molecule has 0 saturated carbocycles. The summed E-state index contributed by atoms with van der Waals surface area (Å²) in [4.78, 5) is 0. The second-order valence-electron chi connectivity index (χ2n) is 0.655. The van der Waals surface area contributed by atoms with E-state index < -0.39 is 16.5 Å². The molecule has 0 aliphatic carbocycles. The molecule has 0 heterocycles. The normalized spacial score (nSPS) is 10.2. The van der Waals surface area contributed by atoms with E-state index in [9.17, 15) is 8.42 Å². The van der Waals surface area contributed by atoms with Crippen LogP contribution in [0.3, 0.4) is 0 Å². The zero-order chi connectivity index (χ0) is 5.91. The molecule has 1 N–H and O–H groups in total. The lowest BCUT2D eigenvalue weighted by Crippen LogP contribution is -2.00. The molecule has 0 amide bonds. The van der Waals surface area contributed by atoms with Crippen molar-refractivity contribution in [1.29, 1.82) is 0 Å². The topological polar surface area (TPSA) is 63.6 Å². The van der Waals surface area contributed by atoms with Crippen molar-refractivity contribution >= 4 is 34.4 Å². The van der Waals surface area contributed by atoms with Crippen LogP contribution >= 0.6 is 24.0 Å². The molecule has 0 unspecified atom stereocenters. The average Bonchev–Trinajstić information content (AvgIpc) is 1.30. The maximum absolute atomic E-state index is 9.48. The highest BCUT2D eigenvalue weighted by Crippen LogP contribution is 1.85. The molecular weight excluding hydrogens is 179 g/mol. The number of rotatable bonds is 2. The lowest BCUT2D eigenvalue weighted by atomic mass is 11.7. The summed E-state index contributed by atoms with van der Waals surface area (Å²) in [5.41, 5.74) is 0. The maximum atomic E-state index is 9.48. The predicted octanol–water partition coefficient (Wildman–Crippen LogP) is 0.424. The molecule has 0 radical (unpaired) electrons. The van der Waals surface area contributed by atoms with Gasteiger partial charge in [0.2, 0.25) is 0 Å². The van der Waals surface area contributed by atoms with E-state index in [-0.39, 0.29) is 12.4 Å². The van der Waals surface area contributed by atoms with Gasteiger partial charge in [-0.3, -0.25) is 4.55 Å². The second-order valence-corrected chi connectivity index (χ2v) is 1.96. The van der Waals surface area contributed by atoms with Crippen molar-refractivity contribution in [1.82, 2.24) is 0 Å². The van der Waals surface area contributed by atoms with Gasteiger partial charge < -0.3 is 0 Å². The smallest absolute Gasteiger partial charge is 0.263 e. The van der Waals surface area contributed by atoms with Crippen molar-refractivity contribution in [3.05, 3.63) is 0 Å². The molecule has 0 aliphatic rings. The first-order valence-electron chi connectivity index (χ1n) is 1.24. The van der Waals surface area contributed by atoms with Crippen LogP contribution in [-0.2, 0) is 14.6 Å². The first-order chi connectivity index (χ1) is 3.06. The molecule has 7 heteroatoms. The number of halogens is 2. The van der Waals surface area contributed by atoms with Crippen LogP contribution in [0.2, 0.25) is 0 Å². The van der Waals surface area contributed by atoms with E-state index in [0.29, 0.717) is 0 Å². The Balaban J connectivity index is 0. The fourth-order valence-electron chi connectivity index (χ4n) is 0.0563. The number of hydrogen-bond donors (Lipinski definition) is 1. The highest BCUT2D eigenvalue weighted by molar-refractivity contribution is 7.80. The quantitative estimate of drug-likeness (QED) is 0.497. The molecule has 0 aromatic carbocycles. The minimum atomic E-state index is -4.31. The summed E-state index contributed by atoms with van der Waals surface area (Å²) in [5, 5.41) is 0. The van der Waals surface area contributed by atoms with E-state index in [1.54, 1.807) is 0 Å². The molecule has 0 aromatic heterocycles. The first-order valence-corrected chi connectivity index (χ1v) is 3.14. The molecule has 4 nitrogen and oxygen atoms in total. The highest BCUT2D eigenvalue weighted by Gasteiger charge is 1.99. The number of hydrogen-bond acceptors (Lipinski definition) is 3. The van der Waals surface area contributed by atoms with E-state index in [0.717, 1.165) is 0 Å². The Hall–Kier alpha value is 0.450. The van der Waals surface area contributed by atoms with Gasteiger partial charge in [-0.15, -0.1) is 12.4 Å². The van der Waals surface area contributed by atoms with Crippen LogP contribution < -0.4 is 0 Å². The van der Waals surface area contributed by atoms with Gasteiger partial charge in [0, 0.05) is 0 Å². The summed E-state index contributed by atoms with van der Waals surface area (Å²) >= 11 is 4.72. The van der Waals surface area contributed by atoms with E-state index in [2.05, 4.69) is 4.18 Å². The summed E-state index contributed by atoms with van der Waals surface area (Å²) < 4.78 is 30.2. The SMILES string of the molecule is Cl.O=S(=O)(O)OCCl. The maximum Gasteiger partial charge on any atom is 0.398 e. The van der Waals surface area contributed by atoms with Crippen LogP contribution in [0, 0.1) is 0 Å². The van der Waals surface area contributed by atoms with Gasteiger partial charge in [0.05, 0.1) is 0 Å². The van der Waals surface area contributed by atoms with Crippen molar-refractivity contribution < 1.29 is 17.2 Å². The molecule has 8 heavy (non-hydrogen) atoms. The van der Waals surface area contributed by atoms with Crippen LogP contribution in [0.1, 0.15) is 0 Å². The van der Waals surface area contributed by atoms with E-state index in [1.165, 1.54) is 0 Å². The van der Waals surface area contributed by atoms with Crippen LogP contribution in [0.5, 0.6) is 0 Å². The van der Waals surface area contributed by atoms with Crippen LogP contribution in [0.15, 0.2) is 0 Å². The molecule has 0 rings (SSSR count). The Morgan fingerprint density at radius 2 is 2.00 bits per heavy atom.